The number of nitrogens with zero attached hydrogens (tertiary/aromatic N) is 1. The van der Waals surface area contributed by atoms with E-state index in [2.05, 4.69) is 44.5 Å². The molecule has 0 aliphatic carbocycles. The van der Waals surface area contributed by atoms with Gasteiger partial charge >= 0.3 is 0 Å². The minimum Gasteiger partial charge on any atom is -0.379 e. The van der Waals surface area contributed by atoms with E-state index < -0.39 is 0 Å². The van der Waals surface area contributed by atoms with Crippen molar-refractivity contribution in [1.82, 2.24) is 10.2 Å². The Morgan fingerprint density at radius 1 is 1.40 bits per heavy atom. The molecule has 1 aromatic carbocycles. The molecule has 20 heavy (non-hydrogen) atoms. The summed E-state index contributed by atoms with van der Waals surface area (Å²) in [6.45, 7) is 7.58. The van der Waals surface area contributed by atoms with Gasteiger partial charge in [0.05, 0.1) is 13.2 Å². The van der Waals surface area contributed by atoms with E-state index in [0.29, 0.717) is 5.11 Å². The lowest BCUT2D eigenvalue weighted by Crippen LogP contribution is -2.42. The Labute approximate surface area is 134 Å². The highest BCUT2D eigenvalue weighted by atomic mass is 79.9. The first kappa shape index (κ1) is 15.7. The van der Waals surface area contributed by atoms with Crippen LogP contribution in [0.2, 0.25) is 0 Å². The summed E-state index contributed by atoms with van der Waals surface area (Å²) in [5, 5.41) is 7.11. The molecule has 1 heterocycles. The summed E-state index contributed by atoms with van der Waals surface area (Å²) in [5.74, 6) is 0. The predicted molar refractivity (Wildman–Crippen MR) is 90.4 cm³/mol. The molecule has 1 aromatic rings. The van der Waals surface area contributed by atoms with Gasteiger partial charge in [0, 0.05) is 36.3 Å². The van der Waals surface area contributed by atoms with Crippen LogP contribution in [0.25, 0.3) is 0 Å². The Bertz CT molecular complexity index is 464. The van der Waals surface area contributed by atoms with Gasteiger partial charge in [0.25, 0.3) is 0 Å². The molecule has 0 spiro atoms. The van der Waals surface area contributed by atoms with Gasteiger partial charge in [0.1, 0.15) is 0 Å². The lowest BCUT2D eigenvalue weighted by molar-refractivity contribution is 0.0389. The van der Waals surface area contributed by atoms with E-state index in [1.54, 1.807) is 0 Å². The number of halogens is 1. The lowest BCUT2D eigenvalue weighted by atomic mass is 10.2. The van der Waals surface area contributed by atoms with E-state index >= 15 is 0 Å². The number of anilines is 1. The van der Waals surface area contributed by atoms with Gasteiger partial charge in [-0.2, -0.15) is 0 Å². The Kier molecular flexibility index (Phi) is 6.22. The van der Waals surface area contributed by atoms with Crippen molar-refractivity contribution in [2.45, 2.75) is 6.92 Å². The molecular weight excluding hydrogens is 338 g/mol. The van der Waals surface area contributed by atoms with Gasteiger partial charge in [0.2, 0.25) is 0 Å². The van der Waals surface area contributed by atoms with Crippen molar-refractivity contribution < 1.29 is 4.74 Å². The molecule has 1 aliphatic heterocycles. The lowest BCUT2D eigenvalue weighted by Gasteiger charge is -2.26. The quantitative estimate of drug-likeness (QED) is 0.809. The average molecular weight is 358 g/mol. The van der Waals surface area contributed by atoms with E-state index in [-0.39, 0.29) is 0 Å². The van der Waals surface area contributed by atoms with E-state index in [0.717, 1.165) is 49.6 Å². The molecule has 0 bridgehead atoms. The molecule has 0 atom stereocenters. The number of aryl methyl sites for hydroxylation is 1. The first-order chi connectivity index (χ1) is 9.65. The van der Waals surface area contributed by atoms with E-state index in [4.69, 9.17) is 17.0 Å². The SMILES string of the molecule is Cc1cc(NC(=S)NCCN2CCOCC2)ccc1Br. The number of benzene rings is 1. The van der Waals surface area contributed by atoms with Crippen LogP contribution in [0.1, 0.15) is 5.56 Å². The first-order valence-electron chi connectivity index (χ1n) is 6.76. The largest absolute Gasteiger partial charge is 0.379 e. The normalized spacial score (nSPS) is 15.9. The van der Waals surface area contributed by atoms with Crippen LogP contribution in [-0.4, -0.2) is 49.4 Å². The number of rotatable bonds is 4. The highest BCUT2D eigenvalue weighted by Crippen LogP contribution is 2.19. The summed E-state index contributed by atoms with van der Waals surface area (Å²) in [6.07, 6.45) is 0. The van der Waals surface area contributed by atoms with Gasteiger partial charge in [0.15, 0.2) is 5.11 Å². The molecule has 1 saturated heterocycles. The van der Waals surface area contributed by atoms with Gasteiger partial charge in [-0.1, -0.05) is 15.9 Å². The van der Waals surface area contributed by atoms with Crippen molar-refractivity contribution in [2.24, 2.45) is 0 Å². The van der Waals surface area contributed by atoms with Gasteiger partial charge in [-0.05, 0) is 42.9 Å². The maximum Gasteiger partial charge on any atom is 0.170 e. The van der Waals surface area contributed by atoms with Crippen LogP contribution < -0.4 is 10.6 Å². The molecule has 0 radical (unpaired) electrons. The number of hydrogen-bond acceptors (Lipinski definition) is 3. The van der Waals surface area contributed by atoms with Crippen molar-refractivity contribution >= 4 is 38.9 Å². The summed E-state index contributed by atoms with van der Waals surface area (Å²) in [4.78, 5) is 2.38. The number of hydrogen-bond donors (Lipinski definition) is 2. The molecule has 0 unspecified atom stereocenters. The third-order valence-corrected chi connectivity index (χ3v) is 4.37. The zero-order valence-electron chi connectivity index (χ0n) is 11.6. The summed E-state index contributed by atoms with van der Waals surface area (Å²) in [6, 6.07) is 6.10. The maximum atomic E-state index is 5.32. The molecule has 4 nitrogen and oxygen atoms in total. The molecule has 1 aliphatic rings. The zero-order chi connectivity index (χ0) is 14.4. The van der Waals surface area contributed by atoms with Crippen LogP contribution in [0, 0.1) is 6.92 Å². The summed E-state index contributed by atoms with van der Waals surface area (Å²) >= 11 is 8.79. The highest BCUT2D eigenvalue weighted by Gasteiger charge is 2.09. The zero-order valence-corrected chi connectivity index (χ0v) is 14.0. The standard InChI is InChI=1S/C14H20BrN3OS/c1-11-10-12(2-3-13(11)15)17-14(20)16-4-5-18-6-8-19-9-7-18/h2-3,10H,4-9H2,1H3,(H2,16,17,20). The number of ether oxygens (including phenoxy) is 1. The van der Waals surface area contributed by atoms with Crippen molar-refractivity contribution in [1.29, 1.82) is 0 Å². The fourth-order valence-corrected chi connectivity index (χ4v) is 2.52. The minimum absolute atomic E-state index is 0.667. The van der Waals surface area contributed by atoms with Crippen molar-refractivity contribution in [2.75, 3.05) is 44.7 Å². The monoisotopic (exact) mass is 357 g/mol. The molecule has 6 heteroatoms. The molecule has 0 saturated carbocycles. The average Bonchev–Trinajstić information content (AvgIpc) is 2.44. The second kappa shape index (κ2) is 7.93. The molecule has 2 N–H and O–H groups in total. The number of thiocarbonyl (C=S) groups is 1. The molecule has 1 fully saturated rings. The van der Waals surface area contributed by atoms with E-state index in [1.165, 1.54) is 5.56 Å². The number of morpholine rings is 1. The second-order valence-corrected chi connectivity index (χ2v) is 6.06. The first-order valence-corrected chi connectivity index (χ1v) is 7.96. The van der Waals surface area contributed by atoms with Crippen LogP contribution in [-0.2, 0) is 4.74 Å². The predicted octanol–water partition coefficient (Wildman–Crippen LogP) is 2.38. The topological polar surface area (TPSA) is 36.5 Å². The van der Waals surface area contributed by atoms with Crippen LogP contribution >= 0.6 is 28.1 Å². The fourth-order valence-electron chi connectivity index (χ4n) is 2.05. The Balaban J connectivity index is 1.70. The molecule has 0 amide bonds. The van der Waals surface area contributed by atoms with Gasteiger partial charge < -0.3 is 15.4 Å². The van der Waals surface area contributed by atoms with E-state index in [9.17, 15) is 0 Å². The highest BCUT2D eigenvalue weighted by molar-refractivity contribution is 9.10. The van der Waals surface area contributed by atoms with Crippen LogP contribution in [0.3, 0.4) is 0 Å². The van der Waals surface area contributed by atoms with Crippen LogP contribution in [0.4, 0.5) is 5.69 Å². The fraction of sp³-hybridized carbons (Fsp3) is 0.500. The summed E-state index contributed by atoms with van der Waals surface area (Å²) < 4.78 is 6.43. The minimum atomic E-state index is 0.667. The van der Waals surface area contributed by atoms with Crippen molar-refractivity contribution in [3.05, 3.63) is 28.2 Å². The Hall–Kier alpha value is -0.690. The Morgan fingerprint density at radius 3 is 2.85 bits per heavy atom. The van der Waals surface area contributed by atoms with Crippen molar-refractivity contribution in [3.8, 4) is 0 Å². The molecular formula is C14H20BrN3OS. The second-order valence-electron chi connectivity index (χ2n) is 4.80. The molecule has 110 valence electrons. The number of nitrogens with one attached hydrogen (secondary N) is 2. The molecule has 0 aromatic heterocycles. The van der Waals surface area contributed by atoms with Gasteiger partial charge in [-0.25, -0.2) is 0 Å². The molecule has 2 rings (SSSR count). The van der Waals surface area contributed by atoms with Crippen molar-refractivity contribution in [3.63, 3.8) is 0 Å². The smallest absolute Gasteiger partial charge is 0.170 e. The van der Waals surface area contributed by atoms with Crippen LogP contribution in [0.5, 0.6) is 0 Å². The summed E-state index contributed by atoms with van der Waals surface area (Å²) in [7, 11) is 0. The van der Waals surface area contributed by atoms with Crippen LogP contribution in [0.15, 0.2) is 22.7 Å². The third-order valence-electron chi connectivity index (χ3n) is 3.23. The third kappa shape index (κ3) is 5.01. The van der Waals surface area contributed by atoms with Gasteiger partial charge in [-0.15, -0.1) is 0 Å². The summed E-state index contributed by atoms with van der Waals surface area (Å²) in [5.41, 5.74) is 2.20. The maximum absolute atomic E-state index is 5.32. The Morgan fingerprint density at radius 2 is 2.15 bits per heavy atom. The van der Waals surface area contributed by atoms with E-state index in [1.807, 2.05) is 12.1 Å². The van der Waals surface area contributed by atoms with Gasteiger partial charge in [-0.3, -0.25) is 4.90 Å².